The molecule has 0 atom stereocenters. The summed E-state index contributed by atoms with van der Waals surface area (Å²) in [6.45, 7) is 0.659. The van der Waals surface area contributed by atoms with Crippen molar-refractivity contribution in [2.45, 2.75) is 6.54 Å². The number of halogens is 2. The van der Waals surface area contributed by atoms with Gasteiger partial charge in [0, 0.05) is 18.7 Å². The second kappa shape index (κ2) is 5.93. The molecule has 0 spiro atoms. The lowest BCUT2D eigenvalue weighted by atomic mass is 10.3. The zero-order valence-corrected chi connectivity index (χ0v) is 11.4. The lowest BCUT2D eigenvalue weighted by molar-refractivity contribution is 0.455. The van der Waals surface area contributed by atoms with E-state index in [0.29, 0.717) is 22.6 Å². The number of nitrogens with one attached hydrogen (secondary N) is 1. The van der Waals surface area contributed by atoms with Crippen molar-refractivity contribution in [2.75, 3.05) is 7.05 Å². The van der Waals surface area contributed by atoms with Gasteiger partial charge >= 0.3 is 0 Å². The van der Waals surface area contributed by atoms with Crippen molar-refractivity contribution in [2.24, 2.45) is 0 Å². The van der Waals surface area contributed by atoms with E-state index in [4.69, 9.17) is 4.74 Å². The number of ether oxygens (including phenoxy) is 1. The Labute approximate surface area is 113 Å². The van der Waals surface area contributed by atoms with Crippen molar-refractivity contribution >= 4 is 15.9 Å². The summed E-state index contributed by atoms with van der Waals surface area (Å²) in [4.78, 5) is 4.29. The number of nitrogens with zero attached hydrogens (tertiary/aromatic N) is 1. The quantitative estimate of drug-likeness (QED) is 0.938. The van der Waals surface area contributed by atoms with E-state index in [1.807, 2.05) is 19.2 Å². The van der Waals surface area contributed by atoms with Crippen LogP contribution in [0.3, 0.4) is 0 Å². The molecule has 0 bridgehead atoms. The van der Waals surface area contributed by atoms with Gasteiger partial charge in [0.1, 0.15) is 11.6 Å². The van der Waals surface area contributed by atoms with Gasteiger partial charge in [-0.3, -0.25) is 0 Å². The van der Waals surface area contributed by atoms with Crippen LogP contribution < -0.4 is 10.1 Å². The van der Waals surface area contributed by atoms with E-state index in [9.17, 15) is 4.39 Å². The van der Waals surface area contributed by atoms with Crippen LogP contribution in [0, 0.1) is 5.82 Å². The Hall–Kier alpha value is -1.46. The predicted octanol–water partition coefficient (Wildman–Crippen LogP) is 3.49. The highest BCUT2D eigenvalue weighted by atomic mass is 79.9. The summed E-state index contributed by atoms with van der Waals surface area (Å²) < 4.78 is 19.2. The van der Waals surface area contributed by atoms with Crippen LogP contribution >= 0.6 is 15.9 Å². The summed E-state index contributed by atoms with van der Waals surface area (Å²) in [5, 5.41) is 3.01. The Bertz CT molecular complexity index is 548. The summed E-state index contributed by atoms with van der Waals surface area (Å²) >= 11 is 3.09. The molecule has 1 aromatic carbocycles. The van der Waals surface area contributed by atoms with Crippen molar-refractivity contribution in [1.29, 1.82) is 0 Å². The monoisotopic (exact) mass is 310 g/mol. The molecule has 2 aromatic rings. The van der Waals surface area contributed by atoms with Gasteiger partial charge in [-0.2, -0.15) is 0 Å². The number of rotatable bonds is 4. The van der Waals surface area contributed by atoms with E-state index >= 15 is 0 Å². The fourth-order valence-corrected chi connectivity index (χ4v) is 1.70. The third-order valence-electron chi connectivity index (χ3n) is 2.25. The van der Waals surface area contributed by atoms with Gasteiger partial charge in [0.15, 0.2) is 0 Å². The molecule has 1 N–H and O–H groups in total. The van der Waals surface area contributed by atoms with Crippen molar-refractivity contribution in [3.05, 3.63) is 52.4 Å². The van der Waals surface area contributed by atoms with Crippen LogP contribution in [0.4, 0.5) is 4.39 Å². The van der Waals surface area contributed by atoms with E-state index in [0.717, 1.165) is 5.69 Å². The molecule has 0 amide bonds. The first-order valence-electron chi connectivity index (χ1n) is 5.42. The van der Waals surface area contributed by atoms with Gasteiger partial charge in [0.25, 0.3) is 0 Å². The first kappa shape index (κ1) is 13.0. The molecule has 94 valence electrons. The summed E-state index contributed by atoms with van der Waals surface area (Å²) in [7, 11) is 1.85. The number of hydrogen-bond donors (Lipinski definition) is 1. The van der Waals surface area contributed by atoms with Gasteiger partial charge in [0.05, 0.1) is 10.2 Å². The van der Waals surface area contributed by atoms with Gasteiger partial charge in [-0.05, 0) is 41.2 Å². The first-order valence-corrected chi connectivity index (χ1v) is 6.22. The number of aromatic nitrogens is 1. The van der Waals surface area contributed by atoms with Gasteiger partial charge in [-0.25, -0.2) is 9.37 Å². The Morgan fingerprint density at radius 2 is 2.17 bits per heavy atom. The van der Waals surface area contributed by atoms with Crippen LogP contribution in [0.25, 0.3) is 0 Å². The van der Waals surface area contributed by atoms with Crippen molar-refractivity contribution in [1.82, 2.24) is 10.3 Å². The summed E-state index contributed by atoms with van der Waals surface area (Å²) in [5.74, 6) is 0.508. The SMILES string of the molecule is CNCc1cccc(Oc2ccc(Br)c(F)c2)n1. The predicted molar refractivity (Wildman–Crippen MR) is 71.2 cm³/mol. The highest BCUT2D eigenvalue weighted by molar-refractivity contribution is 9.10. The maximum absolute atomic E-state index is 13.3. The molecule has 5 heteroatoms. The van der Waals surface area contributed by atoms with Crippen LogP contribution in [0.2, 0.25) is 0 Å². The number of hydrogen-bond acceptors (Lipinski definition) is 3. The lowest BCUT2D eigenvalue weighted by Gasteiger charge is -2.07. The third-order valence-corrected chi connectivity index (χ3v) is 2.90. The van der Waals surface area contributed by atoms with Gasteiger partial charge in [-0.1, -0.05) is 6.07 Å². The molecule has 2 rings (SSSR count). The van der Waals surface area contributed by atoms with Crippen LogP contribution in [0.5, 0.6) is 11.6 Å². The molecule has 0 saturated carbocycles. The van der Waals surface area contributed by atoms with E-state index < -0.39 is 0 Å². The topological polar surface area (TPSA) is 34.1 Å². The average Bonchev–Trinajstić information content (AvgIpc) is 2.35. The lowest BCUT2D eigenvalue weighted by Crippen LogP contribution is -2.06. The molecule has 0 saturated heterocycles. The maximum atomic E-state index is 13.3. The minimum atomic E-state index is -0.362. The van der Waals surface area contributed by atoms with E-state index in [2.05, 4.69) is 26.2 Å². The van der Waals surface area contributed by atoms with Gasteiger partial charge in [-0.15, -0.1) is 0 Å². The van der Waals surface area contributed by atoms with Crippen molar-refractivity contribution < 1.29 is 9.13 Å². The molecule has 0 unspecified atom stereocenters. The minimum Gasteiger partial charge on any atom is -0.439 e. The van der Waals surface area contributed by atoms with E-state index in [1.165, 1.54) is 6.07 Å². The second-order valence-electron chi connectivity index (χ2n) is 3.68. The maximum Gasteiger partial charge on any atom is 0.219 e. The molecule has 0 aliphatic carbocycles. The molecule has 18 heavy (non-hydrogen) atoms. The third kappa shape index (κ3) is 3.27. The summed E-state index contributed by atoms with van der Waals surface area (Å²) in [5.41, 5.74) is 0.868. The second-order valence-corrected chi connectivity index (χ2v) is 4.53. The molecular weight excluding hydrogens is 299 g/mol. The molecule has 0 fully saturated rings. The van der Waals surface area contributed by atoms with Crippen LogP contribution in [-0.2, 0) is 6.54 Å². The normalized spacial score (nSPS) is 10.4. The smallest absolute Gasteiger partial charge is 0.219 e. The van der Waals surface area contributed by atoms with E-state index in [1.54, 1.807) is 18.2 Å². The first-order chi connectivity index (χ1) is 8.69. The molecule has 0 aliphatic heterocycles. The molecule has 3 nitrogen and oxygen atoms in total. The number of pyridine rings is 1. The van der Waals surface area contributed by atoms with Crippen LogP contribution in [-0.4, -0.2) is 12.0 Å². The largest absolute Gasteiger partial charge is 0.439 e. The van der Waals surface area contributed by atoms with Gasteiger partial charge < -0.3 is 10.1 Å². The van der Waals surface area contributed by atoms with Crippen LogP contribution in [0.1, 0.15) is 5.69 Å². The molecule has 1 heterocycles. The van der Waals surface area contributed by atoms with E-state index in [-0.39, 0.29) is 5.82 Å². The minimum absolute atomic E-state index is 0.362. The Morgan fingerprint density at radius 1 is 1.33 bits per heavy atom. The fourth-order valence-electron chi connectivity index (χ4n) is 1.46. The molecular formula is C13H12BrFN2O. The Balaban J connectivity index is 2.17. The molecule has 0 aliphatic rings. The zero-order chi connectivity index (χ0) is 13.0. The Morgan fingerprint density at radius 3 is 2.89 bits per heavy atom. The highest BCUT2D eigenvalue weighted by Crippen LogP contribution is 2.24. The fraction of sp³-hybridized carbons (Fsp3) is 0.154. The zero-order valence-electron chi connectivity index (χ0n) is 9.78. The highest BCUT2D eigenvalue weighted by Gasteiger charge is 2.04. The van der Waals surface area contributed by atoms with Crippen molar-refractivity contribution in [3.8, 4) is 11.6 Å². The molecule has 1 aromatic heterocycles. The standard InChI is InChI=1S/C13H12BrFN2O/c1-16-8-9-3-2-4-13(17-9)18-10-5-6-11(14)12(15)7-10/h2-7,16H,8H2,1H3. The molecule has 0 radical (unpaired) electrons. The van der Waals surface area contributed by atoms with Crippen LogP contribution in [0.15, 0.2) is 40.9 Å². The number of benzene rings is 1. The Kier molecular flexibility index (Phi) is 4.28. The van der Waals surface area contributed by atoms with Crippen molar-refractivity contribution in [3.63, 3.8) is 0 Å². The van der Waals surface area contributed by atoms with Gasteiger partial charge in [0.2, 0.25) is 5.88 Å². The average molecular weight is 311 g/mol. The summed E-state index contributed by atoms with van der Waals surface area (Å²) in [6, 6.07) is 10.1. The summed E-state index contributed by atoms with van der Waals surface area (Å²) in [6.07, 6.45) is 0.